The molecule has 0 spiro atoms. The van der Waals surface area contributed by atoms with E-state index < -0.39 is 21.7 Å². The van der Waals surface area contributed by atoms with Gasteiger partial charge in [0.15, 0.2) is 0 Å². The molecule has 2 rings (SSSR count). The second kappa shape index (κ2) is 5.56. The Bertz CT molecular complexity index is 733. The van der Waals surface area contributed by atoms with Crippen molar-refractivity contribution in [2.75, 3.05) is 4.72 Å². The van der Waals surface area contributed by atoms with Crippen LogP contribution in [0.2, 0.25) is 0 Å². The number of benzene rings is 2. The van der Waals surface area contributed by atoms with Crippen LogP contribution in [0.4, 0.5) is 14.5 Å². The Morgan fingerprint density at radius 2 is 1.85 bits per heavy atom. The van der Waals surface area contributed by atoms with Gasteiger partial charge < -0.3 is 5.73 Å². The van der Waals surface area contributed by atoms with E-state index in [-0.39, 0.29) is 17.1 Å². The highest BCUT2D eigenvalue weighted by molar-refractivity contribution is 7.92. The molecular weight excluding hydrogens is 286 g/mol. The average molecular weight is 298 g/mol. The van der Waals surface area contributed by atoms with Gasteiger partial charge in [0, 0.05) is 6.54 Å². The van der Waals surface area contributed by atoms with Gasteiger partial charge in [-0.05, 0) is 35.9 Å². The predicted octanol–water partition coefficient (Wildman–Crippen LogP) is 2.22. The highest BCUT2D eigenvalue weighted by Gasteiger charge is 2.16. The van der Waals surface area contributed by atoms with E-state index in [0.29, 0.717) is 5.56 Å². The van der Waals surface area contributed by atoms with Crippen molar-refractivity contribution in [1.29, 1.82) is 0 Å². The van der Waals surface area contributed by atoms with Crippen LogP contribution in [0, 0.1) is 11.6 Å². The highest BCUT2D eigenvalue weighted by atomic mass is 32.2. The van der Waals surface area contributed by atoms with Gasteiger partial charge in [0.1, 0.15) is 11.6 Å². The van der Waals surface area contributed by atoms with Crippen molar-refractivity contribution in [3.8, 4) is 0 Å². The number of anilines is 1. The van der Waals surface area contributed by atoms with E-state index in [9.17, 15) is 17.2 Å². The first-order chi connectivity index (χ1) is 9.42. The van der Waals surface area contributed by atoms with Crippen molar-refractivity contribution in [3.63, 3.8) is 0 Å². The molecule has 0 atom stereocenters. The van der Waals surface area contributed by atoms with Crippen molar-refractivity contribution < 1.29 is 17.2 Å². The molecule has 0 aromatic heterocycles. The maximum Gasteiger partial charge on any atom is 0.262 e. The molecule has 0 bridgehead atoms. The van der Waals surface area contributed by atoms with Crippen LogP contribution in [-0.2, 0) is 16.6 Å². The number of nitrogens with one attached hydrogen (secondary N) is 1. The van der Waals surface area contributed by atoms with Crippen molar-refractivity contribution in [2.45, 2.75) is 11.4 Å². The largest absolute Gasteiger partial charge is 0.326 e. The van der Waals surface area contributed by atoms with E-state index >= 15 is 0 Å². The Labute approximate surface area is 115 Å². The summed E-state index contributed by atoms with van der Waals surface area (Å²) in [6, 6.07) is 8.38. The summed E-state index contributed by atoms with van der Waals surface area (Å²) < 4.78 is 52.8. The first kappa shape index (κ1) is 14.4. The average Bonchev–Trinajstić information content (AvgIpc) is 2.41. The number of hydrogen-bond donors (Lipinski definition) is 2. The summed E-state index contributed by atoms with van der Waals surface area (Å²) in [4.78, 5) is -0.278. The molecule has 0 radical (unpaired) electrons. The zero-order valence-corrected chi connectivity index (χ0v) is 11.1. The first-order valence-corrected chi connectivity index (χ1v) is 7.17. The van der Waals surface area contributed by atoms with E-state index in [2.05, 4.69) is 4.72 Å². The Morgan fingerprint density at radius 1 is 1.10 bits per heavy atom. The van der Waals surface area contributed by atoms with Crippen LogP contribution in [0.1, 0.15) is 5.56 Å². The molecule has 0 heterocycles. The molecule has 0 unspecified atom stereocenters. The van der Waals surface area contributed by atoms with Crippen LogP contribution < -0.4 is 10.5 Å². The van der Waals surface area contributed by atoms with Crippen LogP contribution in [0.3, 0.4) is 0 Å². The molecule has 20 heavy (non-hydrogen) atoms. The summed E-state index contributed by atoms with van der Waals surface area (Å²) in [5.74, 6) is -1.43. The second-order valence-corrected chi connectivity index (χ2v) is 5.76. The summed E-state index contributed by atoms with van der Waals surface area (Å²) >= 11 is 0. The van der Waals surface area contributed by atoms with Crippen LogP contribution in [0.15, 0.2) is 47.4 Å². The summed E-state index contributed by atoms with van der Waals surface area (Å²) in [6.07, 6.45) is 0. The SMILES string of the molecule is NCc1ccc(NS(=O)(=O)c2cccc(F)c2)c(F)c1. The topological polar surface area (TPSA) is 72.2 Å². The molecule has 106 valence electrons. The van der Waals surface area contributed by atoms with Gasteiger partial charge in [-0.1, -0.05) is 12.1 Å². The number of rotatable bonds is 4. The zero-order valence-electron chi connectivity index (χ0n) is 10.3. The third kappa shape index (κ3) is 3.12. The predicted molar refractivity (Wildman–Crippen MR) is 71.5 cm³/mol. The molecule has 7 heteroatoms. The Balaban J connectivity index is 2.33. The fourth-order valence-corrected chi connectivity index (χ4v) is 2.70. The minimum atomic E-state index is -4.04. The van der Waals surface area contributed by atoms with Crippen LogP contribution in [-0.4, -0.2) is 8.42 Å². The smallest absolute Gasteiger partial charge is 0.262 e. The molecule has 0 aliphatic rings. The molecule has 0 fully saturated rings. The minimum Gasteiger partial charge on any atom is -0.326 e. The highest BCUT2D eigenvalue weighted by Crippen LogP contribution is 2.20. The number of halogens is 2. The maximum atomic E-state index is 13.7. The number of hydrogen-bond acceptors (Lipinski definition) is 3. The molecule has 0 saturated carbocycles. The lowest BCUT2D eigenvalue weighted by Crippen LogP contribution is -2.14. The molecule has 2 aromatic carbocycles. The molecule has 3 N–H and O–H groups in total. The minimum absolute atomic E-state index is 0.147. The third-order valence-corrected chi connectivity index (χ3v) is 3.98. The fourth-order valence-electron chi connectivity index (χ4n) is 1.61. The fraction of sp³-hybridized carbons (Fsp3) is 0.0769. The van der Waals surface area contributed by atoms with Gasteiger partial charge in [-0.3, -0.25) is 4.72 Å². The van der Waals surface area contributed by atoms with Gasteiger partial charge in [0.2, 0.25) is 0 Å². The van der Waals surface area contributed by atoms with E-state index in [4.69, 9.17) is 5.73 Å². The van der Waals surface area contributed by atoms with E-state index in [1.807, 2.05) is 0 Å². The monoisotopic (exact) mass is 298 g/mol. The number of sulfonamides is 1. The van der Waals surface area contributed by atoms with Crippen LogP contribution >= 0.6 is 0 Å². The molecular formula is C13H12F2N2O2S. The summed E-state index contributed by atoms with van der Waals surface area (Å²) in [5.41, 5.74) is 5.68. The van der Waals surface area contributed by atoms with Crippen molar-refractivity contribution in [3.05, 3.63) is 59.7 Å². The van der Waals surface area contributed by atoms with Crippen LogP contribution in [0.5, 0.6) is 0 Å². The molecule has 0 saturated heterocycles. The summed E-state index contributed by atoms with van der Waals surface area (Å²) in [7, 11) is -4.04. The lowest BCUT2D eigenvalue weighted by molar-refractivity contribution is 0.593. The zero-order chi connectivity index (χ0) is 14.8. The van der Waals surface area contributed by atoms with Gasteiger partial charge in [-0.25, -0.2) is 17.2 Å². The lowest BCUT2D eigenvalue weighted by atomic mass is 10.2. The summed E-state index contributed by atoms with van der Waals surface area (Å²) in [6.45, 7) is 0.147. The quantitative estimate of drug-likeness (QED) is 0.909. The van der Waals surface area contributed by atoms with E-state index in [1.54, 1.807) is 0 Å². The Kier molecular flexibility index (Phi) is 4.01. The lowest BCUT2D eigenvalue weighted by Gasteiger charge is -2.09. The molecule has 4 nitrogen and oxygen atoms in total. The second-order valence-electron chi connectivity index (χ2n) is 4.08. The van der Waals surface area contributed by atoms with Gasteiger partial charge in [0.25, 0.3) is 10.0 Å². The van der Waals surface area contributed by atoms with Crippen molar-refractivity contribution >= 4 is 15.7 Å². The molecule has 0 aliphatic carbocycles. The van der Waals surface area contributed by atoms with Crippen molar-refractivity contribution in [1.82, 2.24) is 0 Å². The maximum absolute atomic E-state index is 13.7. The molecule has 0 aliphatic heterocycles. The van der Waals surface area contributed by atoms with E-state index in [0.717, 1.165) is 18.2 Å². The van der Waals surface area contributed by atoms with Gasteiger partial charge in [-0.2, -0.15) is 0 Å². The Morgan fingerprint density at radius 3 is 2.45 bits per heavy atom. The van der Waals surface area contributed by atoms with Gasteiger partial charge in [-0.15, -0.1) is 0 Å². The number of nitrogens with two attached hydrogens (primary N) is 1. The van der Waals surface area contributed by atoms with Gasteiger partial charge >= 0.3 is 0 Å². The summed E-state index contributed by atoms with van der Waals surface area (Å²) in [5, 5.41) is 0. The van der Waals surface area contributed by atoms with Crippen molar-refractivity contribution in [2.24, 2.45) is 5.73 Å². The Hall–Kier alpha value is -1.99. The van der Waals surface area contributed by atoms with E-state index in [1.165, 1.54) is 24.3 Å². The molecule has 0 amide bonds. The van der Waals surface area contributed by atoms with Crippen LogP contribution in [0.25, 0.3) is 0 Å². The third-order valence-electron chi connectivity index (χ3n) is 2.62. The van der Waals surface area contributed by atoms with Gasteiger partial charge in [0.05, 0.1) is 10.6 Å². The first-order valence-electron chi connectivity index (χ1n) is 5.69. The standard InChI is InChI=1S/C13H12F2N2O2S/c14-10-2-1-3-11(7-10)20(18,19)17-13-5-4-9(8-16)6-12(13)15/h1-7,17H,8,16H2. The molecule has 2 aromatic rings. The normalized spacial score (nSPS) is 11.3.